The lowest BCUT2D eigenvalue weighted by Crippen LogP contribution is -2.39. The minimum absolute atomic E-state index is 0.185. The second-order valence-corrected chi connectivity index (χ2v) is 7.10. The van der Waals surface area contributed by atoms with Crippen molar-refractivity contribution in [3.05, 3.63) is 65.2 Å². The van der Waals surface area contributed by atoms with Gasteiger partial charge in [0.1, 0.15) is 5.82 Å². The third-order valence-electron chi connectivity index (χ3n) is 5.40. The van der Waals surface area contributed by atoms with Gasteiger partial charge in [-0.25, -0.2) is 4.39 Å². The van der Waals surface area contributed by atoms with Gasteiger partial charge in [0.2, 0.25) is 0 Å². The van der Waals surface area contributed by atoms with Crippen LogP contribution in [0.2, 0.25) is 0 Å². The molecular formula is C21H25FN2O. The van der Waals surface area contributed by atoms with E-state index in [2.05, 4.69) is 17.0 Å². The zero-order chi connectivity index (χ0) is 17.1. The average molecular weight is 340 g/mol. The van der Waals surface area contributed by atoms with E-state index in [1.807, 2.05) is 12.1 Å². The van der Waals surface area contributed by atoms with Crippen LogP contribution in [0.1, 0.15) is 48.7 Å². The Kier molecular flexibility index (Phi) is 5.09. The predicted octanol–water partition coefficient (Wildman–Crippen LogP) is 4.13. The first kappa shape index (κ1) is 16.7. The third-order valence-corrected chi connectivity index (χ3v) is 5.40. The van der Waals surface area contributed by atoms with Crippen molar-refractivity contribution in [3.8, 4) is 0 Å². The Balaban J connectivity index is 1.52. The molecule has 0 saturated carbocycles. The van der Waals surface area contributed by atoms with E-state index in [-0.39, 0.29) is 5.82 Å². The van der Waals surface area contributed by atoms with Crippen LogP contribution in [0, 0.1) is 5.82 Å². The number of nitrogens with zero attached hydrogens (tertiary/aromatic N) is 2. The van der Waals surface area contributed by atoms with E-state index in [4.69, 9.17) is 9.72 Å². The summed E-state index contributed by atoms with van der Waals surface area (Å²) in [5, 5.41) is 0. The summed E-state index contributed by atoms with van der Waals surface area (Å²) in [6.07, 6.45) is 5.33. The molecule has 3 heterocycles. The fourth-order valence-electron chi connectivity index (χ4n) is 4.20. The van der Waals surface area contributed by atoms with Crippen molar-refractivity contribution >= 4 is 0 Å². The average Bonchev–Trinajstić information content (AvgIpc) is 3.13. The van der Waals surface area contributed by atoms with Gasteiger partial charge in [0, 0.05) is 31.4 Å². The lowest BCUT2D eigenvalue weighted by molar-refractivity contribution is 0.0285. The Morgan fingerprint density at radius 1 is 1.08 bits per heavy atom. The molecule has 0 radical (unpaired) electrons. The molecule has 0 bridgehead atoms. The molecular weight excluding hydrogens is 315 g/mol. The quantitative estimate of drug-likeness (QED) is 0.837. The molecule has 0 aliphatic carbocycles. The van der Waals surface area contributed by atoms with Crippen LogP contribution < -0.4 is 0 Å². The van der Waals surface area contributed by atoms with E-state index in [1.54, 1.807) is 12.1 Å². The van der Waals surface area contributed by atoms with E-state index in [1.165, 1.54) is 18.9 Å². The van der Waals surface area contributed by atoms with Gasteiger partial charge in [-0.05, 0) is 62.1 Å². The first-order valence-corrected chi connectivity index (χ1v) is 9.33. The maximum Gasteiger partial charge on any atom is 0.123 e. The molecule has 0 amide bonds. The topological polar surface area (TPSA) is 25.4 Å². The standard InChI is InChI=1S/C21H25FN2O/c22-17-5-1-4-16(14-17)15-18-6-2-7-20(23-18)21-8-3-11-24(21)19-9-12-25-13-10-19/h1-2,4-7,14,19,21H,3,8-13,15H2/t21-/m0/s1. The van der Waals surface area contributed by atoms with Crippen molar-refractivity contribution in [3.63, 3.8) is 0 Å². The molecule has 2 aromatic rings. The van der Waals surface area contributed by atoms with E-state index in [0.717, 1.165) is 49.6 Å². The molecule has 0 spiro atoms. The second-order valence-electron chi connectivity index (χ2n) is 7.10. The van der Waals surface area contributed by atoms with Gasteiger partial charge in [-0.2, -0.15) is 0 Å². The molecule has 1 aromatic carbocycles. The molecule has 25 heavy (non-hydrogen) atoms. The Morgan fingerprint density at radius 2 is 1.92 bits per heavy atom. The number of ether oxygens (including phenoxy) is 1. The molecule has 2 aliphatic heterocycles. The normalized spacial score (nSPS) is 22.4. The van der Waals surface area contributed by atoms with Crippen LogP contribution in [0.5, 0.6) is 0 Å². The smallest absolute Gasteiger partial charge is 0.123 e. The number of hydrogen-bond donors (Lipinski definition) is 0. The highest BCUT2D eigenvalue weighted by molar-refractivity contribution is 5.24. The molecule has 132 valence electrons. The Labute approximate surface area is 148 Å². The van der Waals surface area contributed by atoms with Crippen LogP contribution in [-0.2, 0) is 11.2 Å². The number of rotatable bonds is 4. The van der Waals surface area contributed by atoms with Gasteiger partial charge in [0.25, 0.3) is 0 Å². The van der Waals surface area contributed by atoms with E-state index in [9.17, 15) is 4.39 Å². The van der Waals surface area contributed by atoms with Crippen molar-refractivity contribution < 1.29 is 9.13 Å². The maximum atomic E-state index is 13.4. The molecule has 0 unspecified atom stereocenters. The molecule has 1 atom stereocenters. The monoisotopic (exact) mass is 340 g/mol. The fourth-order valence-corrected chi connectivity index (χ4v) is 4.20. The lowest BCUT2D eigenvalue weighted by atomic mass is 10.0. The summed E-state index contributed by atoms with van der Waals surface area (Å²) in [6.45, 7) is 2.91. The largest absolute Gasteiger partial charge is 0.381 e. The number of likely N-dealkylation sites (tertiary alicyclic amines) is 1. The highest BCUT2D eigenvalue weighted by atomic mass is 19.1. The molecule has 1 aromatic heterocycles. The van der Waals surface area contributed by atoms with Crippen LogP contribution in [0.4, 0.5) is 4.39 Å². The van der Waals surface area contributed by atoms with Crippen molar-refractivity contribution in [1.29, 1.82) is 0 Å². The number of pyridine rings is 1. The zero-order valence-electron chi connectivity index (χ0n) is 14.5. The number of hydrogen-bond acceptors (Lipinski definition) is 3. The molecule has 0 N–H and O–H groups in total. The maximum absolute atomic E-state index is 13.4. The minimum Gasteiger partial charge on any atom is -0.381 e. The Morgan fingerprint density at radius 3 is 2.76 bits per heavy atom. The Bertz CT molecular complexity index is 715. The van der Waals surface area contributed by atoms with Gasteiger partial charge in [-0.1, -0.05) is 18.2 Å². The lowest BCUT2D eigenvalue weighted by Gasteiger charge is -2.35. The van der Waals surface area contributed by atoms with Gasteiger partial charge < -0.3 is 4.74 Å². The molecule has 2 saturated heterocycles. The number of aromatic nitrogens is 1. The van der Waals surface area contributed by atoms with Crippen molar-refractivity contribution in [2.45, 2.75) is 44.2 Å². The predicted molar refractivity (Wildman–Crippen MR) is 96.0 cm³/mol. The SMILES string of the molecule is Fc1cccc(Cc2cccc([C@@H]3CCCN3C3CCOCC3)n2)c1. The van der Waals surface area contributed by atoms with Crippen LogP contribution >= 0.6 is 0 Å². The number of halogens is 1. The summed E-state index contributed by atoms with van der Waals surface area (Å²) in [6, 6.07) is 14.1. The van der Waals surface area contributed by atoms with Crippen molar-refractivity contribution in [1.82, 2.24) is 9.88 Å². The first-order valence-electron chi connectivity index (χ1n) is 9.33. The summed E-state index contributed by atoms with van der Waals surface area (Å²) in [5.41, 5.74) is 3.15. The summed E-state index contributed by atoms with van der Waals surface area (Å²) < 4.78 is 18.9. The van der Waals surface area contributed by atoms with Crippen LogP contribution in [0.15, 0.2) is 42.5 Å². The van der Waals surface area contributed by atoms with E-state index in [0.29, 0.717) is 18.5 Å². The van der Waals surface area contributed by atoms with Crippen LogP contribution in [0.25, 0.3) is 0 Å². The third kappa shape index (κ3) is 3.91. The van der Waals surface area contributed by atoms with Crippen molar-refractivity contribution in [2.24, 2.45) is 0 Å². The summed E-state index contributed by atoms with van der Waals surface area (Å²) >= 11 is 0. The zero-order valence-corrected chi connectivity index (χ0v) is 14.5. The van der Waals surface area contributed by atoms with Crippen molar-refractivity contribution in [2.75, 3.05) is 19.8 Å². The van der Waals surface area contributed by atoms with Gasteiger partial charge in [-0.15, -0.1) is 0 Å². The number of benzene rings is 1. The van der Waals surface area contributed by atoms with E-state index < -0.39 is 0 Å². The summed E-state index contributed by atoms with van der Waals surface area (Å²) in [7, 11) is 0. The highest BCUT2D eigenvalue weighted by Crippen LogP contribution is 2.35. The summed E-state index contributed by atoms with van der Waals surface area (Å²) in [5.74, 6) is -0.185. The van der Waals surface area contributed by atoms with Crippen LogP contribution in [0.3, 0.4) is 0 Å². The molecule has 3 nitrogen and oxygen atoms in total. The van der Waals surface area contributed by atoms with Gasteiger partial charge in [-0.3, -0.25) is 9.88 Å². The van der Waals surface area contributed by atoms with Crippen LogP contribution in [-0.4, -0.2) is 35.7 Å². The molecule has 2 aliphatic rings. The second kappa shape index (κ2) is 7.63. The van der Waals surface area contributed by atoms with Gasteiger partial charge in [0.15, 0.2) is 0 Å². The molecule has 2 fully saturated rings. The van der Waals surface area contributed by atoms with Gasteiger partial charge >= 0.3 is 0 Å². The minimum atomic E-state index is -0.185. The summed E-state index contributed by atoms with van der Waals surface area (Å²) in [4.78, 5) is 7.57. The highest BCUT2D eigenvalue weighted by Gasteiger charge is 2.33. The molecule has 4 rings (SSSR count). The van der Waals surface area contributed by atoms with E-state index >= 15 is 0 Å². The molecule has 4 heteroatoms. The Hall–Kier alpha value is -1.78. The van der Waals surface area contributed by atoms with Gasteiger partial charge in [0.05, 0.1) is 11.7 Å². The first-order chi connectivity index (χ1) is 12.3. The fraction of sp³-hybridized carbons (Fsp3) is 0.476.